The zero-order chi connectivity index (χ0) is 9.10. The number of hydrogen-bond acceptors (Lipinski definition) is 1. The first-order valence-electron chi connectivity index (χ1n) is 4.82. The lowest BCUT2D eigenvalue weighted by Gasteiger charge is -2.16. The largest absolute Gasteiger partial charge is 0.375 e. The standard InChI is InChI=1S/C11H14BrN/c12-8-13-11-6-5-9-3-1-2-4-10(9)7-11/h5-7,13H,1-4,8H2. The van der Waals surface area contributed by atoms with Crippen molar-refractivity contribution in [2.75, 3.05) is 10.8 Å². The maximum atomic E-state index is 3.37. The molecule has 2 rings (SSSR count). The summed E-state index contributed by atoms with van der Waals surface area (Å²) in [6.07, 6.45) is 5.24. The highest BCUT2D eigenvalue weighted by Crippen LogP contribution is 2.24. The van der Waals surface area contributed by atoms with E-state index in [0.29, 0.717) is 0 Å². The van der Waals surface area contributed by atoms with Gasteiger partial charge in [0.15, 0.2) is 0 Å². The maximum absolute atomic E-state index is 3.37. The second-order valence-corrected chi connectivity index (χ2v) is 4.06. The predicted molar refractivity (Wildman–Crippen MR) is 60.5 cm³/mol. The molecule has 0 aliphatic heterocycles. The van der Waals surface area contributed by atoms with Crippen LogP contribution >= 0.6 is 15.9 Å². The summed E-state index contributed by atoms with van der Waals surface area (Å²) in [6, 6.07) is 6.72. The van der Waals surface area contributed by atoms with Crippen LogP contribution in [0.25, 0.3) is 0 Å². The number of benzene rings is 1. The van der Waals surface area contributed by atoms with Gasteiger partial charge in [-0.05, 0) is 48.9 Å². The first kappa shape index (κ1) is 9.07. The van der Waals surface area contributed by atoms with Crippen LogP contribution in [0.4, 0.5) is 5.69 Å². The number of nitrogens with one attached hydrogen (secondary N) is 1. The van der Waals surface area contributed by atoms with Crippen LogP contribution in [0.2, 0.25) is 0 Å². The van der Waals surface area contributed by atoms with Gasteiger partial charge >= 0.3 is 0 Å². The lowest BCUT2D eigenvalue weighted by molar-refractivity contribution is 0.686. The molecular formula is C11H14BrN. The average Bonchev–Trinajstić information content (AvgIpc) is 2.18. The van der Waals surface area contributed by atoms with E-state index in [0.717, 1.165) is 5.45 Å². The number of aryl methyl sites for hydroxylation is 2. The molecule has 0 unspecified atom stereocenters. The first-order chi connectivity index (χ1) is 6.40. The summed E-state index contributed by atoms with van der Waals surface area (Å²) >= 11 is 3.37. The molecule has 0 heterocycles. The van der Waals surface area contributed by atoms with Crippen molar-refractivity contribution in [3.63, 3.8) is 0 Å². The van der Waals surface area contributed by atoms with Gasteiger partial charge in [0.1, 0.15) is 0 Å². The number of halogens is 1. The highest BCUT2D eigenvalue weighted by atomic mass is 79.9. The van der Waals surface area contributed by atoms with Crippen LogP contribution in [0, 0.1) is 0 Å². The summed E-state index contributed by atoms with van der Waals surface area (Å²) in [5.74, 6) is 0. The Morgan fingerprint density at radius 1 is 1.15 bits per heavy atom. The molecule has 0 spiro atoms. The molecule has 2 heteroatoms. The van der Waals surface area contributed by atoms with E-state index in [1.807, 2.05) is 0 Å². The first-order valence-corrected chi connectivity index (χ1v) is 5.94. The lowest BCUT2D eigenvalue weighted by atomic mass is 9.91. The summed E-state index contributed by atoms with van der Waals surface area (Å²) in [7, 11) is 0. The van der Waals surface area contributed by atoms with Crippen LogP contribution in [-0.2, 0) is 12.8 Å². The van der Waals surface area contributed by atoms with Crippen molar-refractivity contribution in [3.8, 4) is 0 Å². The van der Waals surface area contributed by atoms with Gasteiger partial charge in [0.05, 0.1) is 5.45 Å². The summed E-state index contributed by atoms with van der Waals surface area (Å²) in [5.41, 5.74) is 5.15. The van der Waals surface area contributed by atoms with E-state index in [2.05, 4.69) is 39.4 Å². The predicted octanol–water partition coefficient (Wildman–Crippen LogP) is 3.33. The Hall–Kier alpha value is -0.500. The summed E-state index contributed by atoms with van der Waals surface area (Å²) in [4.78, 5) is 0. The molecule has 0 fully saturated rings. The van der Waals surface area contributed by atoms with Crippen molar-refractivity contribution >= 4 is 21.6 Å². The van der Waals surface area contributed by atoms with Gasteiger partial charge in [0, 0.05) is 5.69 Å². The number of anilines is 1. The number of fused-ring (bicyclic) bond motifs is 1. The molecular weight excluding hydrogens is 226 g/mol. The molecule has 1 N–H and O–H groups in total. The fraction of sp³-hybridized carbons (Fsp3) is 0.455. The van der Waals surface area contributed by atoms with Crippen molar-refractivity contribution < 1.29 is 0 Å². The second kappa shape index (κ2) is 4.14. The average molecular weight is 240 g/mol. The summed E-state index contributed by atoms with van der Waals surface area (Å²) in [6.45, 7) is 0. The van der Waals surface area contributed by atoms with Gasteiger partial charge in [0.2, 0.25) is 0 Å². The third-order valence-corrected chi connectivity index (χ3v) is 2.90. The Labute approximate surface area is 87.7 Å². The second-order valence-electron chi connectivity index (χ2n) is 3.50. The maximum Gasteiger partial charge on any atom is 0.0707 e. The van der Waals surface area contributed by atoms with Crippen LogP contribution in [0.5, 0.6) is 0 Å². The zero-order valence-corrected chi connectivity index (χ0v) is 9.23. The highest BCUT2D eigenvalue weighted by Gasteiger charge is 2.08. The minimum Gasteiger partial charge on any atom is -0.375 e. The minimum atomic E-state index is 0.825. The molecule has 0 saturated carbocycles. The smallest absolute Gasteiger partial charge is 0.0707 e. The number of alkyl halides is 1. The van der Waals surface area contributed by atoms with Gasteiger partial charge < -0.3 is 5.32 Å². The summed E-state index contributed by atoms with van der Waals surface area (Å²) < 4.78 is 0. The monoisotopic (exact) mass is 239 g/mol. The van der Waals surface area contributed by atoms with Crippen LogP contribution in [-0.4, -0.2) is 5.45 Å². The van der Waals surface area contributed by atoms with Crippen molar-refractivity contribution in [3.05, 3.63) is 29.3 Å². The van der Waals surface area contributed by atoms with Crippen LogP contribution < -0.4 is 5.32 Å². The van der Waals surface area contributed by atoms with Crippen LogP contribution in [0.3, 0.4) is 0 Å². The Morgan fingerprint density at radius 3 is 2.69 bits per heavy atom. The molecule has 0 atom stereocenters. The van der Waals surface area contributed by atoms with Gasteiger partial charge in [-0.3, -0.25) is 0 Å². The van der Waals surface area contributed by atoms with Gasteiger partial charge in [-0.2, -0.15) is 0 Å². The van der Waals surface area contributed by atoms with Gasteiger partial charge in [0.25, 0.3) is 0 Å². The number of hydrogen-bond donors (Lipinski definition) is 1. The number of rotatable bonds is 2. The molecule has 0 bridgehead atoms. The van der Waals surface area contributed by atoms with Gasteiger partial charge in [-0.15, -0.1) is 0 Å². The topological polar surface area (TPSA) is 12.0 Å². The van der Waals surface area contributed by atoms with E-state index in [1.165, 1.54) is 36.9 Å². The van der Waals surface area contributed by atoms with E-state index in [1.54, 1.807) is 5.56 Å². The van der Waals surface area contributed by atoms with E-state index in [9.17, 15) is 0 Å². The fourth-order valence-electron chi connectivity index (χ4n) is 1.92. The molecule has 0 aromatic heterocycles. The molecule has 0 radical (unpaired) electrons. The Balaban J connectivity index is 2.24. The normalized spacial score (nSPS) is 15.2. The molecule has 0 saturated heterocycles. The Morgan fingerprint density at radius 2 is 1.92 bits per heavy atom. The third-order valence-electron chi connectivity index (χ3n) is 2.62. The van der Waals surface area contributed by atoms with Gasteiger partial charge in [-0.25, -0.2) is 0 Å². The molecule has 1 aromatic carbocycles. The molecule has 0 amide bonds. The van der Waals surface area contributed by atoms with E-state index >= 15 is 0 Å². The van der Waals surface area contributed by atoms with Crippen molar-refractivity contribution in [1.29, 1.82) is 0 Å². The highest BCUT2D eigenvalue weighted by molar-refractivity contribution is 9.09. The third kappa shape index (κ3) is 2.05. The summed E-state index contributed by atoms with van der Waals surface area (Å²) in [5, 5.41) is 3.27. The molecule has 1 aromatic rings. The lowest BCUT2D eigenvalue weighted by Crippen LogP contribution is -2.03. The molecule has 13 heavy (non-hydrogen) atoms. The van der Waals surface area contributed by atoms with Gasteiger partial charge in [-0.1, -0.05) is 22.0 Å². The van der Waals surface area contributed by atoms with Crippen molar-refractivity contribution in [2.24, 2.45) is 0 Å². The quantitative estimate of drug-likeness (QED) is 0.617. The van der Waals surface area contributed by atoms with Crippen LogP contribution in [0.1, 0.15) is 24.0 Å². The SMILES string of the molecule is BrCNc1ccc2c(c1)CCCC2. The molecule has 1 aliphatic rings. The molecule has 70 valence electrons. The Kier molecular flexibility index (Phi) is 2.89. The van der Waals surface area contributed by atoms with Crippen LogP contribution in [0.15, 0.2) is 18.2 Å². The minimum absolute atomic E-state index is 0.825. The van der Waals surface area contributed by atoms with E-state index < -0.39 is 0 Å². The van der Waals surface area contributed by atoms with Crippen molar-refractivity contribution in [1.82, 2.24) is 0 Å². The molecule has 1 nitrogen and oxygen atoms in total. The van der Waals surface area contributed by atoms with E-state index in [4.69, 9.17) is 0 Å². The van der Waals surface area contributed by atoms with Crippen molar-refractivity contribution in [2.45, 2.75) is 25.7 Å². The Bertz CT molecular complexity index is 296. The van der Waals surface area contributed by atoms with E-state index in [-0.39, 0.29) is 0 Å². The zero-order valence-electron chi connectivity index (χ0n) is 7.65. The fourth-order valence-corrected chi connectivity index (χ4v) is 2.24. The molecule has 1 aliphatic carbocycles.